The van der Waals surface area contributed by atoms with Gasteiger partial charge < -0.3 is 14.5 Å². The molecule has 1 aliphatic heterocycles. The molecule has 7 heteroatoms. The number of hydrogen-bond donors (Lipinski definition) is 1. The average Bonchev–Trinajstić information content (AvgIpc) is 3.40. The lowest BCUT2D eigenvalue weighted by molar-refractivity contribution is 0.0774. The van der Waals surface area contributed by atoms with Crippen LogP contribution in [-0.2, 0) is 6.42 Å². The van der Waals surface area contributed by atoms with Crippen molar-refractivity contribution in [3.05, 3.63) is 81.5 Å². The number of rotatable bonds is 3. The van der Waals surface area contributed by atoms with Crippen LogP contribution >= 0.6 is 0 Å². The maximum absolute atomic E-state index is 13.4. The quantitative estimate of drug-likeness (QED) is 0.729. The van der Waals surface area contributed by atoms with Crippen molar-refractivity contribution in [3.8, 4) is 0 Å². The van der Waals surface area contributed by atoms with E-state index < -0.39 is 0 Å². The van der Waals surface area contributed by atoms with Crippen molar-refractivity contribution < 1.29 is 4.79 Å². The third kappa shape index (κ3) is 3.05. The maximum atomic E-state index is 13.4. The van der Waals surface area contributed by atoms with Gasteiger partial charge in [0.1, 0.15) is 11.5 Å². The number of aromatic nitrogens is 4. The van der Waals surface area contributed by atoms with Gasteiger partial charge >= 0.3 is 0 Å². The predicted octanol–water partition coefficient (Wildman–Crippen LogP) is 2.69. The van der Waals surface area contributed by atoms with Gasteiger partial charge in [-0.05, 0) is 38.2 Å². The molecule has 1 fully saturated rings. The third-order valence-corrected chi connectivity index (χ3v) is 6.59. The third-order valence-electron chi connectivity index (χ3n) is 6.59. The van der Waals surface area contributed by atoms with Crippen molar-refractivity contribution in [1.82, 2.24) is 24.4 Å². The van der Waals surface area contributed by atoms with E-state index in [2.05, 4.69) is 34.0 Å². The van der Waals surface area contributed by atoms with E-state index in [9.17, 15) is 9.59 Å². The summed E-state index contributed by atoms with van der Waals surface area (Å²) in [6, 6.07) is 10.1. The van der Waals surface area contributed by atoms with Crippen LogP contribution in [0.4, 0.5) is 0 Å². The van der Waals surface area contributed by atoms with Gasteiger partial charge in [0.05, 0.1) is 24.3 Å². The molecule has 3 heterocycles. The molecule has 0 spiro atoms. The smallest absolute Gasteiger partial charge is 0.272 e. The average molecular weight is 403 g/mol. The van der Waals surface area contributed by atoms with E-state index in [1.54, 1.807) is 12.5 Å². The topological polar surface area (TPSA) is 83.9 Å². The minimum Gasteiger partial charge on any atom is -0.336 e. The zero-order valence-electron chi connectivity index (χ0n) is 17.2. The van der Waals surface area contributed by atoms with Crippen LogP contribution in [0.25, 0.3) is 0 Å². The summed E-state index contributed by atoms with van der Waals surface area (Å²) in [6.45, 7) is 5.18. The number of fused-ring (bicyclic) bond motifs is 3. The lowest BCUT2D eigenvalue weighted by Crippen LogP contribution is -2.31. The Bertz CT molecular complexity index is 1150. The van der Waals surface area contributed by atoms with Crippen LogP contribution in [0, 0.1) is 12.8 Å². The number of H-pyrrole nitrogens is 1. The maximum Gasteiger partial charge on any atom is 0.272 e. The largest absolute Gasteiger partial charge is 0.336 e. The second-order valence-corrected chi connectivity index (χ2v) is 8.40. The van der Waals surface area contributed by atoms with Gasteiger partial charge in [0, 0.05) is 24.6 Å². The standard InChI is InChI=1S/C23H25N5O2/c1-14(16-6-4-3-5-7-16)28-13-24-10-20(28)23(30)27-11-17-8-9-18-21(19(17)12-27)25-15(2)26-22(18)29/h3-7,10,13-14,17,19H,8-9,11-12H2,1-2H3,(H,25,26,29)/t14?,17-,19+/m1/s1. The fraction of sp³-hybridized carbons (Fsp3) is 0.391. The van der Waals surface area contributed by atoms with Crippen LogP contribution in [0.15, 0.2) is 47.7 Å². The minimum absolute atomic E-state index is 0.00667. The van der Waals surface area contributed by atoms with Gasteiger partial charge in [-0.2, -0.15) is 0 Å². The first-order chi connectivity index (χ1) is 14.5. The van der Waals surface area contributed by atoms with Gasteiger partial charge in [-0.25, -0.2) is 9.97 Å². The zero-order valence-corrected chi connectivity index (χ0v) is 17.2. The van der Waals surface area contributed by atoms with Crippen LogP contribution < -0.4 is 5.56 Å². The molecule has 2 aromatic heterocycles. The molecule has 1 unspecified atom stereocenters. The summed E-state index contributed by atoms with van der Waals surface area (Å²) in [4.78, 5) is 39.4. The van der Waals surface area contributed by atoms with E-state index in [1.807, 2.05) is 34.6 Å². The summed E-state index contributed by atoms with van der Waals surface area (Å²) in [5, 5.41) is 0. The predicted molar refractivity (Wildman–Crippen MR) is 113 cm³/mol. The number of hydrogen-bond acceptors (Lipinski definition) is 4. The van der Waals surface area contributed by atoms with Gasteiger partial charge in [0.2, 0.25) is 0 Å². The van der Waals surface area contributed by atoms with E-state index in [-0.39, 0.29) is 23.4 Å². The molecule has 7 nitrogen and oxygen atoms in total. The molecule has 1 aromatic carbocycles. The first kappa shape index (κ1) is 18.8. The Hall–Kier alpha value is -3.22. The molecule has 3 atom stereocenters. The summed E-state index contributed by atoms with van der Waals surface area (Å²) in [5.74, 6) is 1.10. The Morgan fingerprint density at radius 1 is 1.23 bits per heavy atom. The number of nitrogens with one attached hydrogen (secondary N) is 1. The summed E-state index contributed by atoms with van der Waals surface area (Å²) in [7, 11) is 0. The van der Waals surface area contributed by atoms with Crippen molar-refractivity contribution in [2.45, 2.75) is 38.6 Å². The molecule has 3 aromatic rings. The highest BCUT2D eigenvalue weighted by atomic mass is 16.2. The number of nitrogens with zero attached hydrogens (tertiary/aromatic N) is 4. The highest BCUT2D eigenvalue weighted by Gasteiger charge is 2.42. The molecule has 1 N–H and O–H groups in total. The first-order valence-corrected chi connectivity index (χ1v) is 10.5. The Morgan fingerprint density at radius 2 is 2.03 bits per heavy atom. The number of likely N-dealkylation sites (tertiary alicyclic amines) is 1. The fourth-order valence-electron chi connectivity index (χ4n) is 4.98. The molecule has 0 radical (unpaired) electrons. The Morgan fingerprint density at radius 3 is 2.83 bits per heavy atom. The highest BCUT2D eigenvalue weighted by molar-refractivity contribution is 5.92. The molecular weight excluding hydrogens is 378 g/mol. The van der Waals surface area contributed by atoms with Crippen LogP contribution in [0.5, 0.6) is 0 Å². The van der Waals surface area contributed by atoms with E-state index in [0.29, 0.717) is 30.5 Å². The van der Waals surface area contributed by atoms with Crippen LogP contribution in [0.3, 0.4) is 0 Å². The molecule has 30 heavy (non-hydrogen) atoms. The molecular formula is C23H25N5O2. The number of aromatic amines is 1. The van der Waals surface area contributed by atoms with Crippen LogP contribution in [0.1, 0.15) is 58.4 Å². The Kier molecular flexibility index (Phi) is 4.53. The van der Waals surface area contributed by atoms with Gasteiger partial charge in [-0.15, -0.1) is 0 Å². The van der Waals surface area contributed by atoms with Crippen molar-refractivity contribution in [3.63, 3.8) is 0 Å². The van der Waals surface area contributed by atoms with Crippen molar-refractivity contribution in [1.29, 1.82) is 0 Å². The van der Waals surface area contributed by atoms with Crippen LogP contribution in [0.2, 0.25) is 0 Å². The molecule has 1 saturated heterocycles. The second-order valence-electron chi connectivity index (χ2n) is 8.40. The number of carbonyl (C=O) groups excluding carboxylic acids is 1. The second kappa shape index (κ2) is 7.23. The Labute approximate surface area is 174 Å². The minimum atomic E-state index is -0.0320. The number of amides is 1. The number of carbonyl (C=O) groups is 1. The van der Waals surface area contributed by atoms with E-state index in [4.69, 9.17) is 0 Å². The summed E-state index contributed by atoms with van der Waals surface area (Å²) < 4.78 is 1.95. The van der Waals surface area contributed by atoms with Gasteiger partial charge in [0.15, 0.2) is 0 Å². The van der Waals surface area contributed by atoms with E-state index >= 15 is 0 Å². The van der Waals surface area contributed by atoms with E-state index in [1.165, 1.54) is 0 Å². The Balaban J connectivity index is 1.42. The van der Waals surface area contributed by atoms with Crippen LogP contribution in [-0.4, -0.2) is 43.4 Å². The lowest BCUT2D eigenvalue weighted by atomic mass is 9.80. The summed E-state index contributed by atoms with van der Waals surface area (Å²) in [5.41, 5.74) is 3.37. The lowest BCUT2D eigenvalue weighted by Gasteiger charge is -2.25. The molecule has 1 aliphatic carbocycles. The number of aryl methyl sites for hydroxylation is 1. The van der Waals surface area contributed by atoms with Crippen molar-refractivity contribution in [2.75, 3.05) is 13.1 Å². The molecule has 5 rings (SSSR count). The van der Waals surface area contributed by atoms with E-state index in [0.717, 1.165) is 29.7 Å². The van der Waals surface area contributed by atoms with Crippen molar-refractivity contribution in [2.24, 2.45) is 5.92 Å². The number of benzene rings is 1. The molecule has 2 aliphatic rings. The zero-order chi connectivity index (χ0) is 20.8. The van der Waals surface area contributed by atoms with Gasteiger partial charge in [-0.3, -0.25) is 9.59 Å². The fourth-order valence-corrected chi connectivity index (χ4v) is 4.98. The van der Waals surface area contributed by atoms with Gasteiger partial charge in [0.25, 0.3) is 11.5 Å². The first-order valence-electron chi connectivity index (χ1n) is 10.5. The van der Waals surface area contributed by atoms with Gasteiger partial charge in [-0.1, -0.05) is 30.3 Å². The molecule has 1 amide bonds. The number of imidazole rings is 1. The van der Waals surface area contributed by atoms with Crippen molar-refractivity contribution >= 4 is 5.91 Å². The molecule has 0 bridgehead atoms. The normalized spacial score (nSPS) is 21.2. The molecule has 154 valence electrons. The summed E-state index contributed by atoms with van der Waals surface area (Å²) >= 11 is 0. The monoisotopic (exact) mass is 403 g/mol. The highest BCUT2D eigenvalue weighted by Crippen LogP contribution is 2.40. The molecule has 0 saturated carbocycles. The SMILES string of the molecule is Cc1nc2c(c(=O)[nH]1)CC[C@@H]1CN(C(=O)c3cncn3C(C)c3ccccc3)C[C@H]21. The summed E-state index contributed by atoms with van der Waals surface area (Å²) in [6.07, 6.45) is 5.03.